The molecule has 0 fully saturated rings. The first-order valence-electron chi connectivity index (χ1n) is 6.53. The van der Waals surface area contributed by atoms with E-state index in [0.717, 1.165) is 0 Å². The summed E-state index contributed by atoms with van der Waals surface area (Å²) in [5.74, 6) is 0. The number of nitrogens with one attached hydrogen (secondary N) is 2. The molecule has 5 nitrogen and oxygen atoms in total. The number of hydrogen-bond donors (Lipinski definition) is 2. The number of sulfonamides is 1. The Hall–Kier alpha value is -0.920. The van der Waals surface area contributed by atoms with E-state index in [1.54, 1.807) is 30.5 Å². The molecule has 1 rings (SSSR count). The Morgan fingerprint density at radius 1 is 1.30 bits per heavy atom. The number of rotatable bonds is 8. The van der Waals surface area contributed by atoms with Gasteiger partial charge in [-0.3, -0.25) is 4.21 Å². The van der Waals surface area contributed by atoms with Crippen molar-refractivity contribution in [3.8, 4) is 0 Å². The average Bonchev–Trinajstić information content (AvgIpc) is 2.39. The van der Waals surface area contributed by atoms with Crippen LogP contribution in [0.5, 0.6) is 0 Å². The molecule has 0 radical (unpaired) electrons. The third kappa shape index (κ3) is 4.88. The van der Waals surface area contributed by atoms with Crippen molar-refractivity contribution in [2.45, 2.75) is 30.4 Å². The standard InChI is InChI=1S/C13H22N2O3S2/c1-4-14-12-7-5-6-8-13(12)20(17,18)15-10-9-11(2)19(3)16/h5-8,11,14-15H,4,9-10H2,1-3H3. The van der Waals surface area contributed by atoms with Crippen molar-refractivity contribution < 1.29 is 12.6 Å². The summed E-state index contributed by atoms with van der Waals surface area (Å²) in [7, 11) is -4.48. The third-order valence-electron chi connectivity index (χ3n) is 2.95. The van der Waals surface area contributed by atoms with Crippen molar-refractivity contribution in [3.63, 3.8) is 0 Å². The lowest BCUT2D eigenvalue weighted by atomic mass is 10.3. The molecule has 2 N–H and O–H groups in total. The summed E-state index contributed by atoms with van der Waals surface area (Å²) >= 11 is 0. The highest BCUT2D eigenvalue weighted by Gasteiger charge is 2.18. The maximum atomic E-state index is 12.3. The van der Waals surface area contributed by atoms with E-state index in [4.69, 9.17) is 0 Å². The van der Waals surface area contributed by atoms with Gasteiger partial charge in [0.25, 0.3) is 0 Å². The van der Waals surface area contributed by atoms with Gasteiger partial charge in [-0.05, 0) is 25.5 Å². The highest BCUT2D eigenvalue weighted by molar-refractivity contribution is 7.89. The molecule has 0 heterocycles. The summed E-state index contributed by atoms with van der Waals surface area (Å²) in [4.78, 5) is 0.243. The van der Waals surface area contributed by atoms with Crippen LogP contribution in [0, 0.1) is 0 Å². The first kappa shape index (κ1) is 17.1. The normalized spacial score (nSPS) is 14.8. The third-order valence-corrected chi connectivity index (χ3v) is 5.84. The second kappa shape index (κ2) is 7.75. The van der Waals surface area contributed by atoms with Crippen LogP contribution in [0.1, 0.15) is 20.3 Å². The van der Waals surface area contributed by atoms with Gasteiger partial charge in [-0.25, -0.2) is 13.1 Å². The molecule has 1 aromatic rings. The lowest BCUT2D eigenvalue weighted by Gasteiger charge is -2.13. The van der Waals surface area contributed by atoms with E-state index >= 15 is 0 Å². The first-order chi connectivity index (χ1) is 9.38. The molecule has 0 aromatic heterocycles. The van der Waals surface area contributed by atoms with Crippen molar-refractivity contribution in [1.29, 1.82) is 0 Å². The lowest BCUT2D eigenvalue weighted by molar-refractivity contribution is 0.578. The molecule has 0 spiro atoms. The molecule has 114 valence electrons. The zero-order valence-electron chi connectivity index (χ0n) is 12.0. The number of hydrogen-bond acceptors (Lipinski definition) is 4. The van der Waals surface area contributed by atoms with Crippen LogP contribution in [-0.2, 0) is 20.8 Å². The monoisotopic (exact) mass is 318 g/mol. The maximum absolute atomic E-state index is 12.3. The zero-order chi connectivity index (χ0) is 15.2. The molecule has 0 bridgehead atoms. The minimum Gasteiger partial charge on any atom is -0.384 e. The largest absolute Gasteiger partial charge is 0.384 e. The molecule has 0 aliphatic rings. The van der Waals surface area contributed by atoms with Crippen LogP contribution in [0.2, 0.25) is 0 Å². The number of benzene rings is 1. The van der Waals surface area contributed by atoms with Crippen molar-refractivity contribution in [3.05, 3.63) is 24.3 Å². The number of para-hydroxylation sites is 1. The molecule has 0 saturated carbocycles. The van der Waals surface area contributed by atoms with E-state index in [2.05, 4.69) is 10.0 Å². The van der Waals surface area contributed by atoms with E-state index < -0.39 is 20.8 Å². The SMILES string of the molecule is CCNc1ccccc1S(=O)(=O)NCCC(C)S(C)=O. The van der Waals surface area contributed by atoms with Crippen molar-refractivity contribution in [2.24, 2.45) is 0 Å². The minimum atomic E-state index is -3.55. The van der Waals surface area contributed by atoms with Gasteiger partial charge in [0.1, 0.15) is 4.90 Å². The van der Waals surface area contributed by atoms with Gasteiger partial charge in [0, 0.05) is 35.4 Å². The highest BCUT2D eigenvalue weighted by Crippen LogP contribution is 2.20. The molecule has 1 aromatic carbocycles. The van der Waals surface area contributed by atoms with Crippen LogP contribution >= 0.6 is 0 Å². The van der Waals surface area contributed by atoms with E-state index in [9.17, 15) is 12.6 Å². The van der Waals surface area contributed by atoms with Gasteiger partial charge < -0.3 is 5.32 Å². The molecule has 2 unspecified atom stereocenters. The predicted octanol–water partition coefficient (Wildman–Crippen LogP) is 1.55. The summed E-state index contributed by atoms with van der Waals surface area (Å²) in [6.45, 7) is 4.69. The highest BCUT2D eigenvalue weighted by atomic mass is 32.2. The van der Waals surface area contributed by atoms with E-state index in [1.807, 2.05) is 13.8 Å². The van der Waals surface area contributed by atoms with E-state index in [1.165, 1.54) is 0 Å². The fraction of sp³-hybridized carbons (Fsp3) is 0.538. The van der Waals surface area contributed by atoms with Crippen LogP contribution in [0.3, 0.4) is 0 Å². The summed E-state index contributed by atoms with van der Waals surface area (Å²) < 4.78 is 38.3. The molecule has 0 amide bonds. The van der Waals surface area contributed by atoms with Gasteiger partial charge in [-0.1, -0.05) is 19.1 Å². The van der Waals surface area contributed by atoms with Crippen LogP contribution in [0.4, 0.5) is 5.69 Å². The molecule has 2 atom stereocenters. The van der Waals surface area contributed by atoms with Crippen LogP contribution in [0.25, 0.3) is 0 Å². The summed E-state index contributed by atoms with van der Waals surface area (Å²) in [5.41, 5.74) is 0.592. The fourth-order valence-corrected chi connectivity index (χ4v) is 3.36. The fourth-order valence-electron chi connectivity index (χ4n) is 1.68. The Labute approximate surface area is 123 Å². The molecule has 20 heavy (non-hydrogen) atoms. The van der Waals surface area contributed by atoms with Crippen LogP contribution in [-0.4, -0.2) is 37.2 Å². The Morgan fingerprint density at radius 3 is 2.55 bits per heavy atom. The van der Waals surface area contributed by atoms with Gasteiger partial charge >= 0.3 is 0 Å². The second-order valence-electron chi connectivity index (χ2n) is 4.52. The maximum Gasteiger partial charge on any atom is 0.242 e. The van der Waals surface area contributed by atoms with Gasteiger partial charge in [0.15, 0.2) is 0 Å². The molecular formula is C13H22N2O3S2. The van der Waals surface area contributed by atoms with E-state index in [0.29, 0.717) is 18.7 Å². The summed E-state index contributed by atoms with van der Waals surface area (Å²) in [6, 6.07) is 6.79. The first-order valence-corrected chi connectivity index (χ1v) is 9.63. The molecular weight excluding hydrogens is 296 g/mol. The zero-order valence-corrected chi connectivity index (χ0v) is 13.7. The Morgan fingerprint density at radius 2 is 1.95 bits per heavy atom. The average molecular weight is 318 g/mol. The minimum absolute atomic E-state index is 0.0262. The molecule has 0 saturated heterocycles. The van der Waals surface area contributed by atoms with Crippen molar-refractivity contribution in [2.75, 3.05) is 24.7 Å². The van der Waals surface area contributed by atoms with Crippen molar-refractivity contribution in [1.82, 2.24) is 4.72 Å². The van der Waals surface area contributed by atoms with Crippen LogP contribution < -0.4 is 10.0 Å². The molecule has 7 heteroatoms. The number of anilines is 1. The van der Waals surface area contributed by atoms with Gasteiger partial charge in [0.2, 0.25) is 10.0 Å². The van der Waals surface area contributed by atoms with E-state index in [-0.39, 0.29) is 16.7 Å². The summed E-state index contributed by atoms with van der Waals surface area (Å²) in [6.07, 6.45) is 2.17. The van der Waals surface area contributed by atoms with Gasteiger partial charge in [-0.2, -0.15) is 0 Å². The molecule has 0 aliphatic carbocycles. The summed E-state index contributed by atoms with van der Waals surface area (Å²) in [5, 5.41) is 3.01. The van der Waals surface area contributed by atoms with Gasteiger partial charge in [-0.15, -0.1) is 0 Å². The predicted molar refractivity (Wildman–Crippen MR) is 83.9 cm³/mol. The smallest absolute Gasteiger partial charge is 0.242 e. The lowest BCUT2D eigenvalue weighted by Crippen LogP contribution is -2.28. The topological polar surface area (TPSA) is 75.3 Å². The van der Waals surface area contributed by atoms with Crippen LogP contribution in [0.15, 0.2) is 29.2 Å². The quantitative estimate of drug-likeness (QED) is 0.762. The van der Waals surface area contributed by atoms with Crippen molar-refractivity contribution >= 4 is 26.5 Å². The Bertz CT molecular complexity index is 558. The molecule has 0 aliphatic heterocycles. The van der Waals surface area contributed by atoms with Gasteiger partial charge in [0.05, 0.1) is 5.69 Å². The Balaban J connectivity index is 2.76. The second-order valence-corrected chi connectivity index (χ2v) is 8.06. The Kier molecular flexibility index (Phi) is 6.64.